The Bertz CT molecular complexity index is 1120. The Morgan fingerprint density at radius 2 is 1.27 bits per heavy atom. The van der Waals surface area contributed by atoms with Crippen LogP contribution in [0, 0.1) is 0 Å². The Labute approximate surface area is 218 Å². The van der Waals surface area contributed by atoms with Crippen molar-refractivity contribution in [2.75, 3.05) is 13.7 Å². The van der Waals surface area contributed by atoms with Gasteiger partial charge in [0.25, 0.3) is 0 Å². The van der Waals surface area contributed by atoms with E-state index < -0.39 is 23.1 Å². The molecule has 2 amide bonds. The molecule has 3 aliphatic carbocycles. The number of hydrogen-bond donors (Lipinski definition) is 2. The van der Waals surface area contributed by atoms with Crippen molar-refractivity contribution < 1.29 is 23.9 Å². The minimum absolute atomic E-state index is 0.0564. The summed E-state index contributed by atoms with van der Waals surface area (Å²) in [6, 6.07) is 16.4. The highest BCUT2D eigenvalue weighted by atomic mass is 16.5. The van der Waals surface area contributed by atoms with Gasteiger partial charge in [0.1, 0.15) is 17.7 Å². The molecule has 0 aromatic heterocycles. The Morgan fingerprint density at radius 3 is 1.81 bits per heavy atom. The highest BCUT2D eigenvalue weighted by Crippen LogP contribution is 2.44. The smallest absolute Gasteiger partial charge is 0.408 e. The zero-order valence-corrected chi connectivity index (χ0v) is 21.5. The number of methoxy groups -OCH3 is 1. The SMILES string of the molecule is COC(=O)C1(NC(=O)C2(NC(=O)OCC3c4ccccc4-c4ccccc43)CCCCC2)CCCCC1. The van der Waals surface area contributed by atoms with Crippen LogP contribution < -0.4 is 10.6 Å². The number of ether oxygens (including phenoxy) is 2. The highest BCUT2D eigenvalue weighted by molar-refractivity contribution is 5.95. The second-order valence-corrected chi connectivity index (χ2v) is 10.7. The first-order valence-corrected chi connectivity index (χ1v) is 13.5. The van der Waals surface area contributed by atoms with Crippen LogP contribution in [0.15, 0.2) is 48.5 Å². The van der Waals surface area contributed by atoms with Gasteiger partial charge in [-0.1, -0.05) is 87.1 Å². The monoisotopic (exact) mass is 504 g/mol. The molecule has 0 bridgehead atoms. The summed E-state index contributed by atoms with van der Waals surface area (Å²) in [5.74, 6) is -0.778. The second kappa shape index (κ2) is 10.6. The first-order valence-electron chi connectivity index (χ1n) is 13.5. The number of amides is 2. The van der Waals surface area contributed by atoms with E-state index in [0.717, 1.165) is 60.8 Å². The molecule has 2 aromatic rings. The Kier molecular flexibility index (Phi) is 7.22. The van der Waals surface area contributed by atoms with Crippen molar-refractivity contribution in [2.24, 2.45) is 0 Å². The second-order valence-electron chi connectivity index (χ2n) is 10.7. The van der Waals surface area contributed by atoms with Gasteiger partial charge in [0.15, 0.2) is 0 Å². The molecule has 7 nitrogen and oxygen atoms in total. The lowest BCUT2D eigenvalue weighted by molar-refractivity contribution is -0.153. The molecule has 196 valence electrons. The number of carbonyl (C=O) groups excluding carboxylic acids is 3. The van der Waals surface area contributed by atoms with E-state index in [-0.39, 0.29) is 18.4 Å². The Hall–Kier alpha value is -3.35. The predicted molar refractivity (Wildman–Crippen MR) is 140 cm³/mol. The summed E-state index contributed by atoms with van der Waals surface area (Å²) in [4.78, 5) is 39.6. The lowest BCUT2D eigenvalue weighted by atomic mass is 9.77. The molecule has 0 saturated heterocycles. The molecule has 2 fully saturated rings. The van der Waals surface area contributed by atoms with Crippen LogP contribution in [0.2, 0.25) is 0 Å². The highest BCUT2D eigenvalue weighted by Gasteiger charge is 2.48. The Morgan fingerprint density at radius 1 is 0.757 bits per heavy atom. The van der Waals surface area contributed by atoms with E-state index >= 15 is 0 Å². The number of benzene rings is 2. The molecule has 0 atom stereocenters. The van der Waals surface area contributed by atoms with Crippen molar-refractivity contribution in [3.8, 4) is 11.1 Å². The van der Waals surface area contributed by atoms with Gasteiger partial charge >= 0.3 is 12.1 Å². The van der Waals surface area contributed by atoms with Gasteiger partial charge in [-0.25, -0.2) is 9.59 Å². The van der Waals surface area contributed by atoms with Gasteiger partial charge in [0, 0.05) is 5.92 Å². The lowest BCUT2D eigenvalue weighted by Crippen LogP contribution is -2.66. The number of alkyl carbamates (subject to hydrolysis) is 1. The van der Waals surface area contributed by atoms with Gasteiger partial charge in [-0.3, -0.25) is 4.79 Å². The molecule has 2 aromatic carbocycles. The number of nitrogens with one attached hydrogen (secondary N) is 2. The lowest BCUT2D eigenvalue weighted by Gasteiger charge is -2.41. The van der Waals surface area contributed by atoms with Gasteiger partial charge in [0.05, 0.1) is 7.11 Å². The van der Waals surface area contributed by atoms with Crippen molar-refractivity contribution >= 4 is 18.0 Å². The predicted octanol–water partition coefficient (Wildman–Crippen LogP) is 5.22. The van der Waals surface area contributed by atoms with Gasteiger partial charge in [0.2, 0.25) is 5.91 Å². The van der Waals surface area contributed by atoms with Crippen molar-refractivity contribution in [1.29, 1.82) is 0 Å². The van der Waals surface area contributed by atoms with Crippen molar-refractivity contribution in [3.63, 3.8) is 0 Å². The number of rotatable bonds is 6. The molecule has 37 heavy (non-hydrogen) atoms. The van der Waals surface area contributed by atoms with E-state index in [1.165, 1.54) is 7.11 Å². The summed E-state index contributed by atoms with van der Waals surface area (Å²) in [6.45, 7) is 0.184. The normalized spacial score (nSPS) is 19.7. The molecule has 2 saturated carbocycles. The molecule has 0 spiro atoms. The van der Waals surface area contributed by atoms with Crippen LogP contribution in [-0.2, 0) is 19.1 Å². The van der Waals surface area contributed by atoms with Crippen LogP contribution in [0.5, 0.6) is 0 Å². The van der Waals surface area contributed by atoms with Crippen LogP contribution >= 0.6 is 0 Å². The maximum absolute atomic E-state index is 13.7. The third-order valence-corrected chi connectivity index (χ3v) is 8.46. The minimum Gasteiger partial charge on any atom is -0.467 e. The minimum atomic E-state index is -1.10. The third kappa shape index (κ3) is 4.83. The molecule has 0 unspecified atom stereocenters. The first-order chi connectivity index (χ1) is 18.0. The van der Waals surface area contributed by atoms with E-state index in [0.29, 0.717) is 25.7 Å². The number of carbonyl (C=O) groups is 3. The van der Waals surface area contributed by atoms with Gasteiger partial charge in [-0.15, -0.1) is 0 Å². The molecule has 0 aliphatic heterocycles. The molecular formula is C30H36N2O5. The molecule has 3 aliphatic rings. The summed E-state index contributed by atoms with van der Waals surface area (Å²) >= 11 is 0. The fourth-order valence-corrected chi connectivity index (χ4v) is 6.46. The standard InChI is InChI=1S/C30H36N2O5/c1-36-27(34)30(18-10-3-11-19-30)31-26(33)29(16-8-2-9-17-29)32-28(35)37-20-25-23-14-6-4-12-21(23)22-13-5-7-15-24(22)25/h4-7,12-15,25H,2-3,8-11,16-20H2,1H3,(H,31,33)(H,32,35). The average Bonchev–Trinajstić information content (AvgIpc) is 3.26. The molecule has 0 heterocycles. The summed E-state index contributed by atoms with van der Waals surface area (Å²) in [5.41, 5.74) is 2.47. The average molecular weight is 505 g/mol. The molecular weight excluding hydrogens is 468 g/mol. The summed E-state index contributed by atoms with van der Waals surface area (Å²) < 4.78 is 10.9. The van der Waals surface area contributed by atoms with Gasteiger partial charge in [-0.05, 0) is 47.9 Å². The molecule has 5 rings (SSSR count). The summed E-state index contributed by atoms with van der Waals surface area (Å²) in [7, 11) is 1.36. The van der Waals surface area contributed by atoms with Crippen molar-refractivity contribution in [2.45, 2.75) is 81.2 Å². The van der Waals surface area contributed by atoms with Crippen LogP contribution in [0.25, 0.3) is 11.1 Å². The van der Waals surface area contributed by atoms with Crippen LogP contribution in [0.3, 0.4) is 0 Å². The molecule has 7 heteroatoms. The fraction of sp³-hybridized carbons (Fsp3) is 0.500. The van der Waals surface area contributed by atoms with Gasteiger partial charge in [-0.2, -0.15) is 0 Å². The van der Waals surface area contributed by atoms with Crippen LogP contribution in [0.1, 0.15) is 81.3 Å². The zero-order valence-electron chi connectivity index (χ0n) is 21.5. The summed E-state index contributed by atoms with van der Waals surface area (Å²) in [6.07, 6.45) is 6.89. The number of esters is 1. The van der Waals surface area contributed by atoms with Crippen LogP contribution in [-0.4, -0.2) is 42.8 Å². The largest absolute Gasteiger partial charge is 0.467 e. The van der Waals surface area contributed by atoms with E-state index in [4.69, 9.17) is 9.47 Å². The van der Waals surface area contributed by atoms with Crippen molar-refractivity contribution in [1.82, 2.24) is 10.6 Å². The zero-order chi connectivity index (χ0) is 25.9. The summed E-state index contributed by atoms with van der Waals surface area (Å²) in [5, 5.41) is 5.98. The van der Waals surface area contributed by atoms with E-state index in [1.54, 1.807) is 0 Å². The van der Waals surface area contributed by atoms with Gasteiger partial charge < -0.3 is 20.1 Å². The van der Waals surface area contributed by atoms with E-state index in [9.17, 15) is 14.4 Å². The quantitative estimate of drug-likeness (QED) is 0.526. The third-order valence-electron chi connectivity index (χ3n) is 8.46. The van der Waals surface area contributed by atoms with Crippen LogP contribution in [0.4, 0.5) is 4.79 Å². The topological polar surface area (TPSA) is 93.7 Å². The number of hydrogen-bond acceptors (Lipinski definition) is 5. The molecule has 2 N–H and O–H groups in total. The Balaban J connectivity index is 1.31. The maximum atomic E-state index is 13.7. The molecule has 0 radical (unpaired) electrons. The van der Waals surface area contributed by atoms with E-state index in [2.05, 4.69) is 34.9 Å². The fourth-order valence-electron chi connectivity index (χ4n) is 6.46. The maximum Gasteiger partial charge on any atom is 0.408 e. The van der Waals surface area contributed by atoms with Crippen molar-refractivity contribution in [3.05, 3.63) is 59.7 Å². The number of fused-ring (bicyclic) bond motifs is 3. The van der Waals surface area contributed by atoms with E-state index in [1.807, 2.05) is 24.3 Å². The first kappa shape index (κ1) is 25.3.